The topological polar surface area (TPSA) is 9.23 Å². The Morgan fingerprint density at radius 3 is 2.33 bits per heavy atom. The highest BCUT2D eigenvalue weighted by Gasteiger charge is 2.33. The third-order valence-electron chi connectivity index (χ3n) is 5.91. The molecule has 3 aromatic carbocycles. The fourth-order valence-electron chi connectivity index (χ4n) is 4.36. The first-order chi connectivity index (χ1) is 15.7. The van der Waals surface area contributed by atoms with Crippen LogP contribution in [0.5, 0.6) is 5.75 Å². The summed E-state index contributed by atoms with van der Waals surface area (Å²) in [7, 11) is 0. The maximum Gasteiger partial charge on any atom is 0.573 e. The Labute approximate surface area is 188 Å². The van der Waals surface area contributed by atoms with Crippen LogP contribution < -0.4 is 4.74 Å². The van der Waals surface area contributed by atoms with Crippen molar-refractivity contribution in [3.8, 4) is 28.0 Å². The Morgan fingerprint density at radius 2 is 1.64 bits per heavy atom. The highest BCUT2D eigenvalue weighted by Crippen LogP contribution is 2.43. The maximum absolute atomic E-state index is 15.4. The number of fused-ring (bicyclic) bond motifs is 3. The van der Waals surface area contributed by atoms with Gasteiger partial charge in [-0.25, -0.2) is 13.2 Å². The predicted molar refractivity (Wildman–Crippen MR) is 115 cm³/mol. The molecule has 0 spiro atoms. The lowest BCUT2D eigenvalue weighted by molar-refractivity contribution is -0.275. The molecule has 0 saturated carbocycles. The Kier molecular flexibility index (Phi) is 6.41. The minimum Gasteiger partial charge on any atom is -0.403 e. The largest absolute Gasteiger partial charge is 0.573 e. The molecule has 0 unspecified atom stereocenters. The van der Waals surface area contributed by atoms with Gasteiger partial charge in [0.25, 0.3) is 0 Å². The summed E-state index contributed by atoms with van der Waals surface area (Å²) in [6.07, 6.45) is 0.629. The van der Waals surface area contributed by atoms with Crippen molar-refractivity contribution < 1.29 is 31.1 Å². The molecule has 0 N–H and O–H groups in total. The zero-order chi connectivity index (χ0) is 23.8. The highest BCUT2D eigenvalue weighted by molar-refractivity contribution is 5.81. The van der Waals surface area contributed by atoms with E-state index in [9.17, 15) is 22.0 Å². The molecular formula is C26H22F6O. The van der Waals surface area contributed by atoms with Crippen molar-refractivity contribution in [2.24, 2.45) is 0 Å². The minimum absolute atomic E-state index is 0.201. The van der Waals surface area contributed by atoms with Gasteiger partial charge >= 0.3 is 6.36 Å². The van der Waals surface area contributed by atoms with Crippen LogP contribution in [0.3, 0.4) is 0 Å². The number of halogens is 6. The summed E-state index contributed by atoms with van der Waals surface area (Å²) in [5, 5.41) is 0. The van der Waals surface area contributed by atoms with Crippen LogP contribution in [-0.4, -0.2) is 6.36 Å². The van der Waals surface area contributed by atoms with Gasteiger partial charge in [0.05, 0.1) is 5.56 Å². The standard InChI is InChI=1S/C26H22F6O/c1-2-3-4-5-6-15-7-9-18-17(11-15)12-20-19(18)14-22(28)24(25(20)29)16-8-10-23(21(27)13-16)33-26(30,31)32/h7-11,13-14H,2-6,12H2,1H3. The smallest absolute Gasteiger partial charge is 0.403 e. The molecule has 3 aromatic rings. The van der Waals surface area contributed by atoms with E-state index in [1.807, 2.05) is 18.2 Å². The Hall–Kier alpha value is -2.96. The Balaban J connectivity index is 1.64. The first-order valence-electron chi connectivity index (χ1n) is 10.9. The van der Waals surface area contributed by atoms with Crippen LogP contribution in [-0.2, 0) is 12.8 Å². The molecule has 174 valence electrons. The van der Waals surface area contributed by atoms with Gasteiger partial charge in [-0.3, -0.25) is 0 Å². The summed E-state index contributed by atoms with van der Waals surface area (Å²) >= 11 is 0. The van der Waals surface area contributed by atoms with Crippen molar-refractivity contribution in [1.29, 1.82) is 0 Å². The van der Waals surface area contributed by atoms with Gasteiger partial charge in [0.1, 0.15) is 11.6 Å². The molecular weight excluding hydrogens is 442 g/mol. The van der Waals surface area contributed by atoms with Crippen LogP contribution >= 0.6 is 0 Å². The van der Waals surface area contributed by atoms with Crippen molar-refractivity contribution >= 4 is 0 Å². The second kappa shape index (κ2) is 9.12. The number of benzene rings is 3. The quantitative estimate of drug-likeness (QED) is 0.197. The van der Waals surface area contributed by atoms with Crippen LogP contribution in [0.1, 0.15) is 49.3 Å². The lowest BCUT2D eigenvalue weighted by Gasteiger charge is -2.13. The second-order valence-electron chi connectivity index (χ2n) is 8.25. The molecule has 0 atom stereocenters. The zero-order valence-corrected chi connectivity index (χ0v) is 18.0. The van der Waals surface area contributed by atoms with E-state index in [0.717, 1.165) is 48.4 Å². The van der Waals surface area contributed by atoms with E-state index in [1.165, 1.54) is 12.5 Å². The van der Waals surface area contributed by atoms with Gasteiger partial charge in [-0.2, -0.15) is 0 Å². The van der Waals surface area contributed by atoms with Crippen LogP contribution in [0.4, 0.5) is 26.3 Å². The molecule has 7 heteroatoms. The molecule has 33 heavy (non-hydrogen) atoms. The summed E-state index contributed by atoms with van der Waals surface area (Å²) in [6.45, 7) is 2.15. The van der Waals surface area contributed by atoms with E-state index in [0.29, 0.717) is 23.3 Å². The van der Waals surface area contributed by atoms with E-state index in [4.69, 9.17) is 0 Å². The van der Waals surface area contributed by atoms with Gasteiger partial charge in [-0.05, 0) is 58.9 Å². The molecule has 0 heterocycles. The summed E-state index contributed by atoms with van der Waals surface area (Å²) < 4.78 is 85.2. The minimum atomic E-state index is -5.08. The number of hydrogen-bond donors (Lipinski definition) is 0. The maximum atomic E-state index is 15.4. The van der Waals surface area contributed by atoms with Gasteiger partial charge in [0, 0.05) is 12.0 Å². The van der Waals surface area contributed by atoms with E-state index in [1.54, 1.807) is 0 Å². The Morgan fingerprint density at radius 1 is 0.848 bits per heavy atom. The van der Waals surface area contributed by atoms with Gasteiger partial charge in [-0.1, -0.05) is 50.5 Å². The second-order valence-corrected chi connectivity index (χ2v) is 8.25. The summed E-state index contributed by atoms with van der Waals surface area (Å²) in [5.74, 6) is -4.17. The number of rotatable bonds is 7. The third-order valence-corrected chi connectivity index (χ3v) is 5.91. The fraction of sp³-hybridized carbons (Fsp3) is 0.308. The highest BCUT2D eigenvalue weighted by atomic mass is 19.4. The van der Waals surface area contributed by atoms with Crippen molar-refractivity contribution in [1.82, 2.24) is 0 Å². The average Bonchev–Trinajstić information content (AvgIpc) is 3.10. The molecule has 0 aromatic heterocycles. The van der Waals surface area contributed by atoms with E-state index < -0.39 is 35.1 Å². The van der Waals surface area contributed by atoms with Crippen LogP contribution in [0.2, 0.25) is 0 Å². The first kappa shape index (κ1) is 23.2. The summed E-state index contributed by atoms with van der Waals surface area (Å²) in [6, 6.07) is 9.43. The van der Waals surface area contributed by atoms with Gasteiger partial charge in [0.15, 0.2) is 11.6 Å². The van der Waals surface area contributed by atoms with E-state index in [2.05, 4.69) is 11.7 Å². The fourth-order valence-corrected chi connectivity index (χ4v) is 4.36. The monoisotopic (exact) mass is 464 g/mol. The van der Waals surface area contributed by atoms with Crippen molar-refractivity contribution in [3.63, 3.8) is 0 Å². The van der Waals surface area contributed by atoms with E-state index >= 15 is 4.39 Å². The van der Waals surface area contributed by atoms with Gasteiger partial charge < -0.3 is 4.74 Å². The third kappa shape index (κ3) is 4.87. The molecule has 4 rings (SSSR count). The SMILES string of the molecule is CCCCCCc1ccc2c(c1)Cc1c-2cc(F)c(-c2ccc(OC(F)(F)F)c(F)c2)c1F. The van der Waals surface area contributed by atoms with Gasteiger partial charge in [0.2, 0.25) is 0 Å². The normalized spacial score (nSPS) is 12.6. The first-order valence-corrected chi connectivity index (χ1v) is 10.9. The molecule has 1 aliphatic carbocycles. The lowest BCUT2D eigenvalue weighted by Crippen LogP contribution is -2.17. The van der Waals surface area contributed by atoms with Crippen molar-refractivity contribution in [3.05, 3.63) is 76.6 Å². The van der Waals surface area contributed by atoms with Crippen molar-refractivity contribution in [2.75, 3.05) is 0 Å². The average molecular weight is 464 g/mol. The number of ether oxygens (including phenoxy) is 1. The Bertz CT molecular complexity index is 1180. The molecule has 0 saturated heterocycles. The number of aryl methyl sites for hydroxylation is 1. The molecule has 0 fully saturated rings. The van der Waals surface area contributed by atoms with E-state index in [-0.39, 0.29) is 12.0 Å². The predicted octanol–water partition coefficient (Wildman–Crippen LogP) is 8.36. The number of alkyl halides is 3. The molecule has 0 radical (unpaired) electrons. The zero-order valence-electron chi connectivity index (χ0n) is 18.0. The molecule has 1 nitrogen and oxygen atoms in total. The number of hydrogen-bond acceptors (Lipinski definition) is 1. The van der Waals surface area contributed by atoms with Crippen LogP contribution in [0, 0.1) is 17.5 Å². The molecule has 0 aliphatic heterocycles. The summed E-state index contributed by atoms with van der Waals surface area (Å²) in [4.78, 5) is 0. The van der Waals surface area contributed by atoms with Gasteiger partial charge in [-0.15, -0.1) is 13.2 Å². The number of unbranched alkanes of at least 4 members (excludes halogenated alkanes) is 3. The van der Waals surface area contributed by atoms with Crippen molar-refractivity contribution in [2.45, 2.75) is 51.8 Å². The lowest BCUT2D eigenvalue weighted by atomic mass is 9.97. The molecule has 0 bridgehead atoms. The van der Waals surface area contributed by atoms with Crippen LogP contribution in [0.25, 0.3) is 22.3 Å². The van der Waals surface area contributed by atoms with Crippen LogP contribution in [0.15, 0.2) is 42.5 Å². The molecule has 0 amide bonds. The molecule has 1 aliphatic rings. The summed E-state index contributed by atoms with van der Waals surface area (Å²) in [5.41, 5.74) is 2.85.